The van der Waals surface area contributed by atoms with E-state index in [4.69, 9.17) is 0 Å². The van der Waals surface area contributed by atoms with Gasteiger partial charge in [0.15, 0.2) is 0 Å². The first-order valence-corrected chi connectivity index (χ1v) is 11.9. The van der Waals surface area contributed by atoms with Gasteiger partial charge in [0.1, 0.15) is 5.82 Å². The number of piperidine rings is 1. The van der Waals surface area contributed by atoms with Crippen LogP contribution in [0.5, 0.6) is 0 Å². The SMILES string of the molecule is CCN(c1cc(F)cc(C(=O)NCc2c(C)cc(C)[nH]c2=O)c1C)C1CCN(CC)[C@H](C)C1. The molecule has 2 N–H and O–H groups in total. The molecular weight excluding hydrogens is 419 g/mol. The molecule has 1 aromatic heterocycles. The van der Waals surface area contributed by atoms with Crippen LogP contribution >= 0.6 is 0 Å². The van der Waals surface area contributed by atoms with Crippen molar-refractivity contribution in [2.24, 2.45) is 0 Å². The third-order valence-electron chi connectivity index (χ3n) is 6.99. The predicted octanol–water partition coefficient (Wildman–Crippen LogP) is 4.07. The molecule has 33 heavy (non-hydrogen) atoms. The van der Waals surface area contributed by atoms with E-state index in [9.17, 15) is 14.0 Å². The van der Waals surface area contributed by atoms with E-state index in [1.807, 2.05) is 26.8 Å². The number of nitrogens with one attached hydrogen (secondary N) is 2. The Labute approximate surface area is 196 Å². The van der Waals surface area contributed by atoms with Crippen LogP contribution in [0.3, 0.4) is 0 Å². The van der Waals surface area contributed by atoms with Gasteiger partial charge >= 0.3 is 0 Å². The lowest BCUT2D eigenvalue weighted by Crippen LogP contribution is -2.49. The van der Waals surface area contributed by atoms with E-state index in [1.54, 1.807) is 6.07 Å². The van der Waals surface area contributed by atoms with Crippen LogP contribution in [0.15, 0.2) is 23.0 Å². The maximum absolute atomic E-state index is 14.7. The number of hydrogen-bond donors (Lipinski definition) is 2. The van der Waals surface area contributed by atoms with Gasteiger partial charge in [0, 0.05) is 54.2 Å². The zero-order chi connectivity index (χ0) is 24.3. The van der Waals surface area contributed by atoms with Gasteiger partial charge in [-0.25, -0.2) is 4.39 Å². The van der Waals surface area contributed by atoms with Crippen molar-refractivity contribution in [1.29, 1.82) is 0 Å². The Morgan fingerprint density at radius 2 is 1.97 bits per heavy atom. The Morgan fingerprint density at radius 3 is 2.58 bits per heavy atom. The Morgan fingerprint density at radius 1 is 1.24 bits per heavy atom. The van der Waals surface area contributed by atoms with Crippen LogP contribution in [0.4, 0.5) is 10.1 Å². The van der Waals surface area contributed by atoms with Gasteiger partial charge < -0.3 is 20.1 Å². The van der Waals surface area contributed by atoms with Crippen LogP contribution < -0.4 is 15.8 Å². The molecule has 0 aliphatic carbocycles. The summed E-state index contributed by atoms with van der Waals surface area (Å²) in [5.74, 6) is -0.805. The number of pyridine rings is 1. The van der Waals surface area contributed by atoms with E-state index in [0.29, 0.717) is 23.2 Å². The van der Waals surface area contributed by atoms with Gasteiger partial charge in [0.2, 0.25) is 0 Å². The average molecular weight is 457 g/mol. The number of anilines is 1. The molecule has 1 amide bonds. The van der Waals surface area contributed by atoms with Crippen LogP contribution in [-0.4, -0.2) is 47.5 Å². The summed E-state index contributed by atoms with van der Waals surface area (Å²) in [5, 5.41) is 2.82. The highest BCUT2D eigenvalue weighted by molar-refractivity contribution is 5.97. The molecule has 2 heterocycles. The van der Waals surface area contributed by atoms with Gasteiger partial charge in [0.05, 0.1) is 0 Å². The molecule has 1 saturated heterocycles. The summed E-state index contributed by atoms with van der Waals surface area (Å²) in [6.07, 6.45) is 2.02. The summed E-state index contributed by atoms with van der Waals surface area (Å²) in [7, 11) is 0. The number of nitrogens with zero attached hydrogens (tertiary/aromatic N) is 2. The zero-order valence-electron chi connectivity index (χ0n) is 20.7. The molecule has 2 aromatic rings. The van der Waals surface area contributed by atoms with Crippen molar-refractivity contribution in [1.82, 2.24) is 15.2 Å². The summed E-state index contributed by atoms with van der Waals surface area (Å²) >= 11 is 0. The highest BCUT2D eigenvalue weighted by atomic mass is 19.1. The summed E-state index contributed by atoms with van der Waals surface area (Å²) in [5.41, 5.74) is 3.73. The number of carbonyl (C=O) groups is 1. The number of benzene rings is 1. The number of carbonyl (C=O) groups excluding carboxylic acids is 1. The van der Waals surface area contributed by atoms with Crippen molar-refractivity contribution in [3.63, 3.8) is 0 Å². The van der Waals surface area contributed by atoms with E-state index in [2.05, 4.69) is 40.9 Å². The number of aromatic amines is 1. The number of rotatable bonds is 7. The Balaban J connectivity index is 1.84. The second kappa shape index (κ2) is 10.5. The van der Waals surface area contributed by atoms with Crippen LogP contribution in [0.1, 0.15) is 66.4 Å². The third kappa shape index (κ3) is 5.46. The second-order valence-corrected chi connectivity index (χ2v) is 9.17. The lowest BCUT2D eigenvalue weighted by atomic mass is 9.95. The molecule has 1 unspecified atom stereocenters. The number of aromatic nitrogens is 1. The van der Waals surface area contributed by atoms with E-state index in [0.717, 1.165) is 55.0 Å². The lowest BCUT2D eigenvalue weighted by molar-refractivity contribution is 0.0949. The van der Waals surface area contributed by atoms with Gasteiger partial charge in [-0.05, 0) is 83.3 Å². The minimum absolute atomic E-state index is 0.0933. The van der Waals surface area contributed by atoms with Crippen molar-refractivity contribution in [2.45, 2.75) is 73.0 Å². The standard InChI is InChI=1S/C26H37FN4O2/c1-7-30-10-9-21(12-18(30)5)31(8-2)24-14-20(27)13-22(19(24)6)25(32)28-15-23-16(3)11-17(4)29-26(23)33/h11,13-14,18,21H,7-10,12,15H2,1-6H3,(H,28,32)(H,29,33)/t18-,21?/m1/s1. The second-order valence-electron chi connectivity index (χ2n) is 9.17. The van der Waals surface area contributed by atoms with Gasteiger partial charge in [0.25, 0.3) is 11.5 Å². The smallest absolute Gasteiger partial charge is 0.253 e. The van der Waals surface area contributed by atoms with Gasteiger partial charge in [-0.3, -0.25) is 9.59 Å². The quantitative estimate of drug-likeness (QED) is 0.659. The van der Waals surface area contributed by atoms with Crippen molar-refractivity contribution in [2.75, 3.05) is 24.5 Å². The maximum Gasteiger partial charge on any atom is 0.253 e. The van der Waals surface area contributed by atoms with Crippen molar-refractivity contribution < 1.29 is 9.18 Å². The van der Waals surface area contributed by atoms with E-state index in [1.165, 1.54) is 6.07 Å². The largest absolute Gasteiger partial charge is 0.368 e. The summed E-state index contributed by atoms with van der Waals surface area (Å²) in [6, 6.07) is 5.48. The highest BCUT2D eigenvalue weighted by Gasteiger charge is 2.29. The molecule has 3 rings (SSSR count). The van der Waals surface area contributed by atoms with E-state index < -0.39 is 5.82 Å². The first kappa shape index (κ1) is 25.0. The van der Waals surface area contributed by atoms with Crippen molar-refractivity contribution >= 4 is 11.6 Å². The number of hydrogen-bond acceptors (Lipinski definition) is 4. The van der Waals surface area contributed by atoms with Crippen LogP contribution in [-0.2, 0) is 6.54 Å². The number of H-pyrrole nitrogens is 1. The molecule has 180 valence electrons. The molecule has 0 radical (unpaired) electrons. The van der Waals surface area contributed by atoms with Gasteiger partial charge in [-0.1, -0.05) is 6.92 Å². The topological polar surface area (TPSA) is 68.4 Å². The normalized spacial score (nSPS) is 18.9. The molecule has 7 heteroatoms. The molecule has 1 fully saturated rings. The molecule has 6 nitrogen and oxygen atoms in total. The van der Waals surface area contributed by atoms with Crippen LogP contribution in [0, 0.1) is 26.6 Å². The zero-order valence-corrected chi connectivity index (χ0v) is 20.7. The Hall–Kier alpha value is -2.67. The fourth-order valence-electron chi connectivity index (χ4n) is 5.14. The fraction of sp³-hybridized carbons (Fsp3) is 0.538. The summed E-state index contributed by atoms with van der Waals surface area (Å²) in [4.78, 5) is 32.8. The van der Waals surface area contributed by atoms with E-state index in [-0.39, 0.29) is 18.0 Å². The first-order chi connectivity index (χ1) is 15.7. The minimum Gasteiger partial charge on any atom is -0.368 e. The number of likely N-dealkylation sites (tertiary alicyclic amines) is 1. The molecule has 1 aliphatic heterocycles. The van der Waals surface area contributed by atoms with Crippen LogP contribution in [0.2, 0.25) is 0 Å². The lowest BCUT2D eigenvalue weighted by Gasteiger charge is -2.43. The minimum atomic E-state index is -0.428. The predicted molar refractivity (Wildman–Crippen MR) is 132 cm³/mol. The number of halogens is 1. The van der Waals surface area contributed by atoms with Crippen LogP contribution in [0.25, 0.3) is 0 Å². The maximum atomic E-state index is 14.7. The summed E-state index contributed by atoms with van der Waals surface area (Å²) in [6.45, 7) is 14.9. The third-order valence-corrected chi connectivity index (χ3v) is 6.99. The molecular formula is C26H37FN4O2. The average Bonchev–Trinajstić information content (AvgIpc) is 2.75. The number of amides is 1. The van der Waals surface area contributed by atoms with Gasteiger partial charge in [-0.15, -0.1) is 0 Å². The molecule has 0 bridgehead atoms. The monoisotopic (exact) mass is 456 g/mol. The Kier molecular flexibility index (Phi) is 7.95. The molecule has 2 atom stereocenters. The number of aryl methyl sites for hydroxylation is 2. The molecule has 1 aromatic carbocycles. The Bertz CT molecular complexity index is 1060. The molecule has 0 saturated carbocycles. The van der Waals surface area contributed by atoms with E-state index >= 15 is 0 Å². The van der Waals surface area contributed by atoms with Crippen molar-refractivity contribution in [3.8, 4) is 0 Å². The van der Waals surface area contributed by atoms with Crippen molar-refractivity contribution in [3.05, 3.63) is 62.3 Å². The molecule has 0 spiro atoms. The fourth-order valence-corrected chi connectivity index (χ4v) is 5.14. The van der Waals surface area contributed by atoms with Gasteiger partial charge in [-0.2, -0.15) is 0 Å². The first-order valence-electron chi connectivity index (χ1n) is 11.9. The molecule has 1 aliphatic rings. The summed E-state index contributed by atoms with van der Waals surface area (Å²) < 4.78 is 14.7. The highest BCUT2D eigenvalue weighted by Crippen LogP contribution is 2.31.